The number of amides is 3. The van der Waals surface area contributed by atoms with E-state index in [0.29, 0.717) is 5.56 Å². The lowest BCUT2D eigenvalue weighted by Crippen LogP contribution is -2.40. The maximum atomic E-state index is 13.2. The van der Waals surface area contributed by atoms with Crippen LogP contribution in [0, 0.1) is 11.3 Å². The van der Waals surface area contributed by atoms with Crippen LogP contribution in [0.4, 0.5) is 4.79 Å². The summed E-state index contributed by atoms with van der Waals surface area (Å²) >= 11 is 0. The smallest absolute Gasteiger partial charge is 0.325 e. The third kappa shape index (κ3) is 3.17. The number of hydrogen-bond donors (Lipinski definition) is 1. The molecule has 3 aromatic carbocycles. The molecular weight excluding hydrogens is 366 g/mol. The van der Waals surface area contributed by atoms with Crippen LogP contribution in [0.3, 0.4) is 0 Å². The SMILES string of the molecule is COc1ccc2cc([C@@]3(C)NC(=O)N(Cc4ccc(C#N)cc4)C3=O)ccc2c1. The molecule has 1 atom stereocenters. The van der Waals surface area contributed by atoms with E-state index in [1.165, 1.54) is 4.90 Å². The van der Waals surface area contributed by atoms with Crippen LogP contribution in [0.15, 0.2) is 60.7 Å². The zero-order chi connectivity index (χ0) is 20.6. The normalized spacial score (nSPS) is 18.6. The molecule has 144 valence electrons. The molecule has 1 aliphatic heterocycles. The van der Waals surface area contributed by atoms with Crippen molar-refractivity contribution in [1.82, 2.24) is 10.2 Å². The summed E-state index contributed by atoms with van der Waals surface area (Å²) in [5.41, 5.74) is 0.888. The Labute approximate surface area is 168 Å². The molecule has 6 nitrogen and oxygen atoms in total. The second kappa shape index (κ2) is 6.95. The Morgan fingerprint density at radius 3 is 2.41 bits per heavy atom. The molecule has 0 aromatic heterocycles. The van der Waals surface area contributed by atoms with Crippen molar-refractivity contribution in [3.8, 4) is 11.8 Å². The number of urea groups is 1. The Kier molecular flexibility index (Phi) is 4.44. The number of ether oxygens (including phenoxy) is 1. The molecule has 0 unspecified atom stereocenters. The number of nitrogens with one attached hydrogen (secondary N) is 1. The van der Waals surface area contributed by atoms with E-state index in [9.17, 15) is 9.59 Å². The predicted molar refractivity (Wildman–Crippen MR) is 108 cm³/mol. The average Bonchev–Trinajstić information content (AvgIpc) is 2.97. The predicted octanol–water partition coefficient (Wildman–Crippen LogP) is 3.69. The summed E-state index contributed by atoms with van der Waals surface area (Å²) in [5.74, 6) is 0.454. The van der Waals surface area contributed by atoms with Crippen molar-refractivity contribution in [1.29, 1.82) is 5.26 Å². The molecule has 3 amide bonds. The van der Waals surface area contributed by atoms with Crippen LogP contribution < -0.4 is 10.1 Å². The van der Waals surface area contributed by atoms with Gasteiger partial charge in [0.1, 0.15) is 11.3 Å². The average molecular weight is 385 g/mol. The van der Waals surface area contributed by atoms with Gasteiger partial charge < -0.3 is 10.1 Å². The summed E-state index contributed by atoms with van der Waals surface area (Å²) in [6.07, 6.45) is 0. The fourth-order valence-corrected chi connectivity index (χ4v) is 3.57. The first-order valence-corrected chi connectivity index (χ1v) is 9.16. The summed E-state index contributed by atoms with van der Waals surface area (Å²) < 4.78 is 5.25. The Morgan fingerprint density at radius 2 is 1.72 bits per heavy atom. The van der Waals surface area contributed by atoms with E-state index in [4.69, 9.17) is 10.00 Å². The minimum Gasteiger partial charge on any atom is -0.497 e. The molecule has 4 rings (SSSR count). The second-order valence-electron chi connectivity index (χ2n) is 7.18. The van der Waals surface area contributed by atoms with E-state index in [0.717, 1.165) is 27.6 Å². The van der Waals surface area contributed by atoms with Gasteiger partial charge in [-0.2, -0.15) is 5.26 Å². The van der Waals surface area contributed by atoms with Crippen LogP contribution in [0.25, 0.3) is 10.8 Å². The maximum absolute atomic E-state index is 13.2. The number of nitriles is 1. The topological polar surface area (TPSA) is 82.4 Å². The van der Waals surface area contributed by atoms with E-state index < -0.39 is 11.6 Å². The minimum atomic E-state index is -1.14. The minimum absolute atomic E-state index is 0.150. The Morgan fingerprint density at radius 1 is 1.03 bits per heavy atom. The molecule has 1 N–H and O–H groups in total. The van der Waals surface area contributed by atoms with Gasteiger partial charge >= 0.3 is 6.03 Å². The number of nitrogens with zero attached hydrogens (tertiary/aromatic N) is 2. The fraction of sp³-hybridized carbons (Fsp3) is 0.174. The molecule has 6 heteroatoms. The summed E-state index contributed by atoms with van der Waals surface area (Å²) in [4.78, 5) is 27.0. The number of hydrogen-bond acceptors (Lipinski definition) is 4. The van der Waals surface area contributed by atoms with E-state index >= 15 is 0 Å². The number of methoxy groups -OCH3 is 1. The summed E-state index contributed by atoms with van der Waals surface area (Å²) in [6.45, 7) is 1.87. The van der Waals surface area contributed by atoms with Gasteiger partial charge in [-0.25, -0.2) is 4.79 Å². The number of rotatable bonds is 4. The van der Waals surface area contributed by atoms with E-state index in [2.05, 4.69) is 11.4 Å². The molecule has 29 heavy (non-hydrogen) atoms. The quantitative estimate of drug-likeness (QED) is 0.695. The van der Waals surface area contributed by atoms with Crippen LogP contribution in [-0.4, -0.2) is 23.9 Å². The lowest BCUT2D eigenvalue weighted by atomic mass is 9.90. The molecule has 0 spiro atoms. The van der Waals surface area contributed by atoms with Crippen molar-refractivity contribution >= 4 is 22.7 Å². The molecule has 0 bridgehead atoms. The highest BCUT2D eigenvalue weighted by atomic mass is 16.5. The van der Waals surface area contributed by atoms with Gasteiger partial charge in [-0.3, -0.25) is 9.69 Å². The van der Waals surface area contributed by atoms with Crippen molar-refractivity contribution in [2.45, 2.75) is 19.0 Å². The lowest BCUT2D eigenvalue weighted by molar-refractivity contribution is -0.131. The molecule has 1 heterocycles. The molecular formula is C23H19N3O3. The van der Waals surface area contributed by atoms with Crippen molar-refractivity contribution < 1.29 is 14.3 Å². The molecule has 1 fully saturated rings. The van der Waals surface area contributed by atoms with Gasteiger partial charge in [0.2, 0.25) is 0 Å². The number of carbonyl (C=O) groups excluding carboxylic acids is 2. The van der Waals surface area contributed by atoms with E-state index in [-0.39, 0.29) is 12.5 Å². The van der Waals surface area contributed by atoms with Gasteiger partial charge in [0.15, 0.2) is 0 Å². The van der Waals surface area contributed by atoms with Gasteiger partial charge in [-0.15, -0.1) is 0 Å². The number of carbonyl (C=O) groups is 2. The fourth-order valence-electron chi connectivity index (χ4n) is 3.57. The summed E-state index contributed by atoms with van der Waals surface area (Å²) in [6, 6.07) is 19.9. The highest BCUT2D eigenvalue weighted by Gasteiger charge is 2.48. The first-order valence-electron chi connectivity index (χ1n) is 9.16. The highest BCUT2D eigenvalue weighted by Crippen LogP contribution is 2.32. The van der Waals surface area contributed by atoms with Crippen LogP contribution >= 0.6 is 0 Å². The van der Waals surface area contributed by atoms with Gasteiger partial charge in [-0.1, -0.05) is 30.3 Å². The standard InChI is InChI=1S/C23H19N3O3/c1-23(19-9-7-18-12-20(29-2)10-8-17(18)11-19)21(27)26(22(28)25-23)14-16-5-3-15(13-24)4-6-16/h3-12H,14H2,1-2H3,(H,25,28)/t23-/m1/s1. The van der Waals surface area contributed by atoms with E-state index in [1.54, 1.807) is 38.3 Å². The summed E-state index contributed by atoms with van der Waals surface area (Å²) in [5, 5.41) is 13.7. The summed E-state index contributed by atoms with van der Waals surface area (Å²) in [7, 11) is 1.62. The second-order valence-corrected chi connectivity index (χ2v) is 7.18. The Hall–Kier alpha value is -3.85. The number of imide groups is 1. The number of fused-ring (bicyclic) bond motifs is 1. The monoisotopic (exact) mass is 385 g/mol. The van der Waals surface area contributed by atoms with E-state index in [1.807, 2.05) is 36.4 Å². The zero-order valence-corrected chi connectivity index (χ0v) is 16.1. The molecule has 0 radical (unpaired) electrons. The van der Waals surface area contributed by atoms with Crippen molar-refractivity contribution in [3.63, 3.8) is 0 Å². The molecule has 0 saturated carbocycles. The maximum Gasteiger partial charge on any atom is 0.325 e. The van der Waals surface area contributed by atoms with Gasteiger partial charge in [0, 0.05) is 0 Å². The number of benzene rings is 3. The van der Waals surface area contributed by atoms with Gasteiger partial charge in [0.25, 0.3) is 5.91 Å². The van der Waals surface area contributed by atoms with Crippen LogP contribution in [0.5, 0.6) is 5.75 Å². The third-order valence-corrected chi connectivity index (χ3v) is 5.32. The zero-order valence-electron chi connectivity index (χ0n) is 16.1. The Bertz CT molecular complexity index is 1160. The molecule has 1 aliphatic rings. The highest BCUT2D eigenvalue weighted by molar-refractivity contribution is 6.07. The van der Waals surface area contributed by atoms with Crippen LogP contribution in [0.2, 0.25) is 0 Å². The van der Waals surface area contributed by atoms with Crippen LogP contribution in [0.1, 0.15) is 23.6 Å². The van der Waals surface area contributed by atoms with Gasteiger partial charge in [-0.05, 0) is 59.2 Å². The first-order chi connectivity index (χ1) is 13.9. The van der Waals surface area contributed by atoms with Crippen LogP contribution in [-0.2, 0) is 16.9 Å². The Balaban J connectivity index is 1.63. The largest absolute Gasteiger partial charge is 0.497 e. The molecule has 0 aliphatic carbocycles. The first kappa shape index (κ1) is 18.5. The van der Waals surface area contributed by atoms with Crippen molar-refractivity contribution in [3.05, 3.63) is 77.4 Å². The third-order valence-electron chi connectivity index (χ3n) is 5.32. The van der Waals surface area contributed by atoms with Crippen molar-refractivity contribution in [2.75, 3.05) is 7.11 Å². The van der Waals surface area contributed by atoms with Gasteiger partial charge in [0.05, 0.1) is 25.3 Å². The van der Waals surface area contributed by atoms with Crippen molar-refractivity contribution in [2.24, 2.45) is 0 Å². The molecule has 3 aromatic rings. The lowest BCUT2D eigenvalue weighted by Gasteiger charge is -2.23. The molecule has 1 saturated heterocycles.